The zero-order valence-electron chi connectivity index (χ0n) is 24.7. The molecule has 0 radical (unpaired) electrons. The van der Waals surface area contributed by atoms with Gasteiger partial charge in [0.15, 0.2) is 0 Å². The second-order valence-corrected chi connectivity index (χ2v) is 12.8. The highest BCUT2D eigenvalue weighted by Gasteiger charge is 2.44. The molecule has 0 unspecified atom stereocenters. The molecule has 0 N–H and O–H groups in total. The standard InChI is InChI=1S/C35H42N4O2/c1-24-21-31(25(2)41-24)34(40)37-18-15-35(16-19-37,27-9-5-4-6-10-27)17-20-38-28-13-14-29(38)23-30(22-28)39-26(3)36-32-11-7-8-12-33(32)39/h4-12,21,28-30H,13-20,22-23H2,1-3H3/t28-,29+,30+. The van der Waals surface area contributed by atoms with E-state index in [4.69, 9.17) is 9.40 Å². The van der Waals surface area contributed by atoms with E-state index in [9.17, 15) is 4.79 Å². The molecule has 2 aromatic carbocycles. The van der Waals surface area contributed by atoms with Crippen molar-refractivity contribution in [2.24, 2.45) is 0 Å². The number of aromatic nitrogens is 2. The van der Waals surface area contributed by atoms with Crippen LogP contribution < -0.4 is 0 Å². The molecule has 41 heavy (non-hydrogen) atoms. The number of piperidine rings is 2. The maximum absolute atomic E-state index is 13.4. The molecule has 6 heteroatoms. The van der Waals surface area contributed by atoms with Crippen LogP contribution in [0.4, 0.5) is 0 Å². The van der Waals surface area contributed by atoms with Crippen molar-refractivity contribution in [3.8, 4) is 0 Å². The van der Waals surface area contributed by atoms with E-state index in [1.807, 2.05) is 24.8 Å². The number of carbonyl (C=O) groups excluding carboxylic acids is 1. The van der Waals surface area contributed by atoms with Gasteiger partial charge < -0.3 is 13.9 Å². The second-order valence-electron chi connectivity index (χ2n) is 12.8. The van der Waals surface area contributed by atoms with Gasteiger partial charge in [-0.15, -0.1) is 0 Å². The van der Waals surface area contributed by atoms with Gasteiger partial charge in [-0.25, -0.2) is 4.98 Å². The molecule has 3 fully saturated rings. The number of carbonyl (C=O) groups is 1. The molecule has 0 saturated carbocycles. The Balaban J connectivity index is 1.07. The molecule has 1 amide bonds. The van der Waals surface area contributed by atoms with Gasteiger partial charge in [0.2, 0.25) is 0 Å². The van der Waals surface area contributed by atoms with Crippen LogP contribution in [0.2, 0.25) is 0 Å². The highest BCUT2D eigenvalue weighted by Crippen LogP contribution is 2.45. The molecular formula is C35H42N4O2. The van der Waals surface area contributed by atoms with Crippen LogP contribution in [0, 0.1) is 20.8 Å². The number of hydrogen-bond acceptors (Lipinski definition) is 4. The van der Waals surface area contributed by atoms with Crippen molar-refractivity contribution in [3.05, 3.63) is 89.1 Å². The number of rotatable bonds is 6. The molecule has 6 nitrogen and oxygen atoms in total. The molecule has 7 rings (SSSR count). The van der Waals surface area contributed by atoms with E-state index < -0.39 is 0 Å². The van der Waals surface area contributed by atoms with Gasteiger partial charge in [-0.2, -0.15) is 0 Å². The van der Waals surface area contributed by atoms with E-state index in [0.717, 1.165) is 67.3 Å². The minimum absolute atomic E-state index is 0.104. The molecule has 0 aliphatic carbocycles. The summed E-state index contributed by atoms with van der Waals surface area (Å²) in [6.45, 7) is 8.69. The third kappa shape index (κ3) is 4.70. The van der Waals surface area contributed by atoms with E-state index in [1.54, 1.807) is 0 Å². The summed E-state index contributed by atoms with van der Waals surface area (Å²) in [6, 6.07) is 23.4. The third-order valence-electron chi connectivity index (χ3n) is 10.5. The van der Waals surface area contributed by atoms with Crippen LogP contribution in [-0.4, -0.2) is 57.0 Å². The molecule has 5 heterocycles. The molecule has 2 bridgehead atoms. The molecule has 214 valence electrons. The van der Waals surface area contributed by atoms with Gasteiger partial charge in [0.05, 0.1) is 16.6 Å². The van der Waals surface area contributed by atoms with Crippen molar-refractivity contribution < 1.29 is 9.21 Å². The van der Waals surface area contributed by atoms with Crippen LogP contribution in [0.15, 0.2) is 65.1 Å². The van der Waals surface area contributed by atoms with Crippen LogP contribution in [0.25, 0.3) is 11.0 Å². The first-order valence-corrected chi connectivity index (χ1v) is 15.5. The monoisotopic (exact) mass is 550 g/mol. The number of furan rings is 1. The van der Waals surface area contributed by atoms with E-state index >= 15 is 0 Å². The summed E-state index contributed by atoms with van der Waals surface area (Å²) in [4.78, 5) is 23.1. The Bertz CT molecular complexity index is 1530. The zero-order chi connectivity index (χ0) is 28.1. The summed E-state index contributed by atoms with van der Waals surface area (Å²) in [6.07, 6.45) is 8.18. The number of para-hydroxylation sites is 2. The fourth-order valence-electron chi connectivity index (χ4n) is 8.42. The summed E-state index contributed by atoms with van der Waals surface area (Å²) in [5.41, 5.74) is 4.66. The molecule has 3 atom stereocenters. The lowest BCUT2D eigenvalue weighted by molar-refractivity contribution is 0.0605. The van der Waals surface area contributed by atoms with Crippen molar-refractivity contribution >= 4 is 16.9 Å². The average molecular weight is 551 g/mol. The third-order valence-corrected chi connectivity index (χ3v) is 10.5. The molecule has 3 aliphatic heterocycles. The van der Waals surface area contributed by atoms with Gasteiger partial charge >= 0.3 is 0 Å². The predicted molar refractivity (Wildman–Crippen MR) is 162 cm³/mol. The average Bonchev–Trinajstić information content (AvgIpc) is 3.59. The van der Waals surface area contributed by atoms with Gasteiger partial charge in [-0.3, -0.25) is 9.69 Å². The minimum atomic E-state index is 0.104. The maximum Gasteiger partial charge on any atom is 0.257 e. The Hall–Kier alpha value is -3.38. The van der Waals surface area contributed by atoms with Crippen molar-refractivity contribution in [1.82, 2.24) is 19.4 Å². The Kier molecular flexibility index (Phi) is 6.77. The van der Waals surface area contributed by atoms with E-state index in [0.29, 0.717) is 18.1 Å². The lowest BCUT2D eigenvalue weighted by Gasteiger charge is -2.45. The first-order valence-electron chi connectivity index (χ1n) is 15.5. The molecule has 4 aromatic rings. The largest absolute Gasteiger partial charge is 0.466 e. The lowest BCUT2D eigenvalue weighted by Crippen LogP contribution is -2.49. The number of benzene rings is 2. The van der Waals surface area contributed by atoms with E-state index in [-0.39, 0.29) is 11.3 Å². The number of imidazole rings is 1. The SMILES string of the molecule is Cc1cc(C(=O)N2CCC(CCN3[C@@H]4CC[C@H]3C[C@@H](n3c(C)nc5ccccc53)C4)(c3ccccc3)CC2)c(C)o1. The van der Waals surface area contributed by atoms with Gasteiger partial charge in [-0.05, 0) is 101 Å². The number of aryl methyl sites for hydroxylation is 3. The molecular weight excluding hydrogens is 508 g/mol. The number of nitrogens with zero attached hydrogens (tertiary/aromatic N) is 4. The Morgan fingerprint density at radius 1 is 0.927 bits per heavy atom. The normalized spacial score (nSPS) is 24.3. The summed E-state index contributed by atoms with van der Waals surface area (Å²) in [5.74, 6) is 2.79. The highest BCUT2D eigenvalue weighted by atomic mass is 16.3. The van der Waals surface area contributed by atoms with Crippen molar-refractivity contribution in [1.29, 1.82) is 0 Å². The zero-order valence-corrected chi connectivity index (χ0v) is 24.7. The van der Waals surface area contributed by atoms with Crippen LogP contribution in [0.1, 0.15) is 84.3 Å². The molecule has 0 spiro atoms. The molecule has 2 aromatic heterocycles. The number of fused-ring (bicyclic) bond motifs is 3. The number of amides is 1. The van der Waals surface area contributed by atoms with Crippen molar-refractivity contribution in [2.45, 2.75) is 89.3 Å². The smallest absolute Gasteiger partial charge is 0.257 e. The predicted octanol–water partition coefficient (Wildman–Crippen LogP) is 6.99. The Morgan fingerprint density at radius 3 is 2.29 bits per heavy atom. The van der Waals surface area contributed by atoms with Gasteiger partial charge in [0, 0.05) is 31.2 Å². The fraction of sp³-hybridized carbons (Fsp3) is 0.486. The van der Waals surface area contributed by atoms with Crippen LogP contribution in [-0.2, 0) is 5.41 Å². The van der Waals surface area contributed by atoms with Crippen LogP contribution in [0.5, 0.6) is 0 Å². The first kappa shape index (κ1) is 26.5. The Labute approximate surface area is 243 Å². The summed E-state index contributed by atoms with van der Waals surface area (Å²) >= 11 is 0. The minimum Gasteiger partial charge on any atom is -0.466 e. The lowest BCUT2D eigenvalue weighted by atomic mass is 9.70. The van der Waals surface area contributed by atoms with E-state index in [1.165, 1.54) is 36.8 Å². The summed E-state index contributed by atoms with van der Waals surface area (Å²) in [7, 11) is 0. The topological polar surface area (TPSA) is 54.5 Å². The second kappa shape index (κ2) is 10.5. The molecule has 3 saturated heterocycles. The first-order chi connectivity index (χ1) is 19.9. The quantitative estimate of drug-likeness (QED) is 0.260. The van der Waals surface area contributed by atoms with Crippen LogP contribution in [0.3, 0.4) is 0 Å². The van der Waals surface area contributed by atoms with Crippen molar-refractivity contribution in [3.63, 3.8) is 0 Å². The number of likely N-dealkylation sites (tertiary alicyclic amines) is 1. The fourth-order valence-corrected chi connectivity index (χ4v) is 8.42. The summed E-state index contributed by atoms with van der Waals surface area (Å²) in [5, 5.41) is 0. The van der Waals surface area contributed by atoms with Crippen molar-refractivity contribution in [2.75, 3.05) is 19.6 Å². The van der Waals surface area contributed by atoms with E-state index in [2.05, 4.69) is 71.0 Å². The maximum atomic E-state index is 13.4. The Morgan fingerprint density at radius 2 is 1.61 bits per heavy atom. The van der Waals surface area contributed by atoms with Crippen LogP contribution >= 0.6 is 0 Å². The van der Waals surface area contributed by atoms with Gasteiger partial charge in [0.25, 0.3) is 5.91 Å². The van der Waals surface area contributed by atoms with Gasteiger partial charge in [0.1, 0.15) is 17.3 Å². The summed E-state index contributed by atoms with van der Waals surface area (Å²) < 4.78 is 8.20. The highest BCUT2D eigenvalue weighted by molar-refractivity contribution is 5.95. The molecule has 3 aliphatic rings. The number of hydrogen-bond donors (Lipinski definition) is 0. The van der Waals surface area contributed by atoms with Gasteiger partial charge in [-0.1, -0.05) is 42.5 Å².